The Kier molecular flexibility index (Phi) is 5.06. The number of aromatic nitrogens is 2. The first-order valence-corrected chi connectivity index (χ1v) is 15.5. The molecular formula is C36H41N3O4. The summed E-state index contributed by atoms with van der Waals surface area (Å²) in [6, 6.07) is 8.62. The molecule has 3 atom stereocenters. The van der Waals surface area contributed by atoms with Gasteiger partial charge in [0.05, 0.1) is 39.8 Å². The summed E-state index contributed by atoms with van der Waals surface area (Å²) >= 11 is 0. The standard InChI is InChI=1S/C36H41N3O4/c1-17(2)36-35(41,16-42-10)15-24(43-36)38-22-13-11-12-18(3)25(22)27-29-30(34(7,8)37(9)33(29)40)28-26-21(6)20(5)19(4)14-23(26)39(36)32(28)31(27)38/h11-14,17,24,41H,15-16H2,1-10H3/t24-,35+,36+/m1/s1. The number of hydrogen-bond acceptors (Lipinski definition) is 4. The summed E-state index contributed by atoms with van der Waals surface area (Å²) in [7, 11) is 3.58. The molecule has 7 heteroatoms. The molecular weight excluding hydrogens is 538 g/mol. The Morgan fingerprint density at radius 3 is 2.40 bits per heavy atom. The van der Waals surface area contributed by atoms with Gasteiger partial charge in [-0.2, -0.15) is 0 Å². The molecule has 5 heterocycles. The maximum Gasteiger partial charge on any atom is 0.255 e. The number of benzene rings is 3. The van der Waals surface area contributed by atoms with Gasteiger partial charge in [0.15, 0.2) is 5.72 Å². The molecule has 3 aromatic carbocycles. The van der Waals surface area contributed by atoms with Crippen LogP contribution in [0.2, 0.25) is 0 Å². The molecule has 3 aliphatic heterocycles. The molecule has 0 radical (unpaired) electrons. The lowest BCUT2D eigenvalue weighted by Gasteiger charge is -2.45. The van der Waals surface area contributed by atoms with Gasteiger partial charge in [-0.25, -0.2) is 0 Å². The van der Waals surface area contributed by atoms with Gasteiger partial charge in [0.25, 0.3) is 5.91 Å². The van der Waals surface area contributed by atoms with Crippen molar-refractivity contribution in [2.45, 2.75) is 84.9 Å². The lowest BCUT2D eigenvalue weighted by molar-refractivity contribution is -0.228. The molecule has 5 aromatic rings. The summed E-state index contributed by atoms with van der Waals surface area (Å²) in [5.74, 6) is -0.0482. The lowest BCUT2D eigenvalue weighted by Crippen LogP contribution is -2.58. The van der Waals surface area contributed by atoms with Crippen molar-refractivity contribution in [1.29, 1.82) is 0 Å². The number of ether oxygens (including phenoxy) is 2. The number of carbonyl (C=O) groups excluding carboxylic acids is 1. The second-order valence-electron chi connectivity index (χ2n) is 14.2. The van der Waals surface area contributed by atoms with Gasteiger partial charge >= 0.3 is 0 Å². The molecule has 0 spiro atoms. The van der Waals surface area contributed by atoms with Crippen molar-refractivity contribution >= 4 is 49.5 Å². The molecule has 7 nitrogen and oxygen atoms in total. The number of amides is 1. The fraction of sp³-hybridized carbons (Fsp3) is 0.472. The van der Waals surface area contributed by atoms with Gasteiger partial charge in [0, 0.05) is 53.6 Å². The first kappa shape index (κ1) is 27.2. The van der Waals surface area contributed by atoms with E-state index in [4.69, 9.17) is 9.47 Å². The van der Waals surface area contributed by atoms with Crippen LogP contribution in [0, 0.1) is 33.6 Å². The van der Waals surface area contributed by atoms with Crippen LogP contribution in [-0.2, 0) is 20.7 Å². The highest BCUT2D eigenvalue weighted by molar-refractivity contribution is 6.32. The van der Waals surface area contributed by atoms with E-state index in [0.29, 0.717) is 6.42 Å². The first-order valence-electron chi connectivity index (χ1n) is 15.5. The van der Waals surface area contributed by atoms with Crippen molar-refractivity contribution < 1.29 is 19.4 Å². The molecule has 43 heavy (non-hydrogen) atoms. The third kappa shape index (κ3) is 2.73. The predicted octanol–water partition coefficient (Wildman–Crippen LogP) is 7.08. The van der Waals surface area contributed by atoms with E-state index in [1.165, 1.54) is 16.7 Å². The number of hydrogen-bond donors (Lipinski definition) is 1. The molecule has 224 valence electrons. The lowest BCUT2D eigenvalue weighted by atomic mass is 9.80. The third-order valence-corrected chi connectivity index (χ3v) is 11.6. The summed E-state index contributed by atoms with van der Waals surface area (Å²) in [5.41, 5.74) is 7.74. The first-order chi connectivity index (χ1) is 20.2. The minimum atomic E-state index is -1.31. The van der Waals surface area contributed by atoms with E-state index in [1.807, 2.05) is 11.9 Å². The fourth-order valence-corrected chi connectivity index (χ4v) is 9.23. The van der Waals surface area contributed by atoms with Crippen LogP contribution in [0.25, 0.3) is 43.6 Å². The quantitative estimate of drug-likeness (QED) is 0.248. The maximum atomic E-state index is 14.4. The number of rotatable bonds is 3. The Morgan fingerprint density at radius 1 is 1.00 bits per heavy atom. The molecule has 1 amide bonds. The summed E-state index contributed by atoms with van der Waals surface area (Å²) in [6.45, 7) is 17.4. The van der Waals surface area contributed by atoms with Crippen LogP contribution in [0.15, 0.2) is 24.3 Å². The minimum Gasteiger partial charge on any atom is -0.382 e. The average Bonchev–Trinajstić information content (AvgIpc) is 3.57. The smallest absolute Gasteiger partial charge is 0.255 e. The Bertz CT molecular complexity index is 2110. The van der Waals surface area contributed by atoms with Crippen molar-refractivity contribution in [3.63, 3.8) is 0 Å². The van der Waals surface area contributed by atoms with E-state index >= 15 is 0 Å². The second kappa shape index (κ2) is 8.00. The molecule has 2 aromatic heterocycles. The van der Waals surface area contributed by atoms with E-state index in [-0.39, 0.29) is 18.4 Å². The number of nitrogens with zero attached hydrogens (tertiary/aromatic N) is 3. The molecule has 8 rings (SSSR count). The predicted molar refractivity (Wildman–Crippen MR) is 171 cm³/mol. The number of carbonyl (C=O) groups is 1. The van der Waals surface area contributed by atoms with Crippen LogP contribution in [0.1, 0.15) is 78.5 Å². The Labute approximate surface area is 251 Å². The average molecular weight is 580 g/mol. The van der Waals surface area contributed by atoms with Crippen molar-refractivity contribution in [3.8, 4) is 0 Å². The highest BCUT2D eigenvalue weighted by Gasteiger charge is 2.65. The highest BCUT2D eigenvalue weighted by Crippen LogP contribution is 2.62. The van der Waals surface area contributed by atoms with Crippen molar-refractivity contribution in [1.82, 2.24) is 14.0 Å². The van der Waals surface area contributed by atoms with E-state index in [0.717, 1.165) is 60.3 Å². The SMILES string of the molecule is COC[C@@]1(O)C[C@H]2O[C@]1(C(C)C)n1c3cc(C)c(C)c(C)c3c3c4c(c5c6c(C)cccc6n2c5c31)C(=O)N(C)C4(C)C. The molecule has 0 unspecified atom stereocenters. The molecule has 0 aliphatic carbocycles. The summed E-state index contributed by atoms with van der Waals surface area (Å²) in [4.78, 5) is 16.3. The minimum absolute atomic E-state index is 0.0522. The van der Waals surface area contributed by atoms with E-state index in [2.05, 4.69) is 88.8 Å². The zero-order valence-corrected chi connectivity index (χ0v) is 26.9. The van der Waals surface area contributed by atoms with Gasteiger partial charge in [-0.05, 0) is 75.9 Å². The van der Waals surface area contributed by atoms with Crippen LogP contribution in [-0.4, -0.2) is 51.4 Å². The van der Waals surface area contributed by atoms with Crippen LogP contribution in [0.5, 0.6) is 0 Å². The van der Waals surface area contributed by atoms with Crippen molar-refractivity contribution in [3.05, 3.63) is 57.6 Å². The fourth-order valence-electron chi connectivity index (χ4n) is 9.23. The Hall–Kier alpha value is -3.39. The van der Waals surface area contributed by atoms with Crippen molar-refractivity contribution in [2.75, 3.05) is 20.8 Å². The number of fused-ring (bicyclic) bond motifs is 13. The normalized spacial score (nSPS) is 25.9. The third-order valence-electron chi connectivity index (χ3n) is 11.6. The van der Waals surface area contributed by atoms with E-state index < -0.39 is 23.1 Å². The van der Waals surface area contributed by atoms with Gasteiger partial charge in [0.2, 0.25) is 0 Å². The van der Waals surface area contributed by atoms with Crippen LogP contribution < -0.4 is 0 Å². The number of aryl methyl sites for hydroxylation is 3. The van der Waals surface area contributed by atoms with Gasteiger partial charge in [-0.1, -0.05) is 26.0 Å². The largest absolute Gasteiger partial charge is 0.382 e. The van der Waals surface area contributed by atoms with E-state index in [9.17, 15) is 9.90 Å². The van der Waals surface area contributed by atoms with Crippen molar-refractivity contribution in [2.24, 2.45) is 5.92 Å². The summed E-state index contributed by atoms with van der Waals surface area (Å²) in [6.07, 6.45) is -0.0809. The topological polar surface area (TPSA) is 68.9 Å². The molecule has 2 bridgehead atoms. The zero-order chi connectivity index (χ0) is 30.7. The van der Waals surface area contributed by atoms with Gasteiger partial charge in [-0.15, -0.1) is 0 Å². The second-order valence-corrected chi connectivity index (χ2v) is 14.2. The highest BCUT2D eigenvalue weighted by atomic mass is 16.6. The van der Waals surface area contributed by atoms with E-state index in [1.54, 1.807) is 7.11 Å². The molecule has 3 aliphatic rings. The monoisotopic (exact) mass is 579 g/mol. The number of aliphatic hydroxyl groups is 1. The summed E-state index contributed by atoms with van der Waals surface area (Å²) in [5, 5.41) is 17.1. The molecule has 1 fully saturated rings. The Morgan fingerprint density at radius 2 is 1.72 bits per heavy atom. The molecule has 1 N–H and O–H groups in total. The van der Waals surface area contributed by atoms with Crippen LogP contribution in [0.4, 0.5) is 0 Å². The molecule has 1 saturated heterocycles. The summed E-state index contributed by atoms with van der Waals surface area (Å²) < 4.78 is 17.7. The zero-order valence-electron chi connectivity index (χ0n) is 26.9. The van der Waals surface area contributed by atoms with Gasteiger partial charge in [-0.3, -0.25) is 4.79 Å². The van der Waals surface area contributed by atoms with Crippen LogP contribution >= 0.6 is 0 Å². The number of methoxy groups -OCH3 is 1. The Balaban J connectivity index is 1.81. The maximum absolute atomic E-state index is 14.4. The van der Waals surface area contributed by atoms with Gasteiger partial charge < -0.3 is 28.6 Å². The van der Waals surface area contributed by atoms with Crippen LogP contribution in [0.3, 0.4) is 0 Å². The van der Waals surface area contributed by atoms with Gasteiger partial charge in [0.1, 0.15) is 11.8 Å². The molecule has 0 saturated carbocycles.